The molecule has 0 aliphatic carbocycles. The number of piperidine rings is 3. The lowest BCUT2D eigenvalue weighted by Crippen LogP contribution is -2.45. The third-order valence-electron chi connectivity index (χ3n) is 6.44. The largest absolute Gasteiger partial charge is 0.369 e. The number of carbonyl (C=O) groups is 2. The molecule has 0 bridgehead atoms. The van der Waals surface area contributed by atoms with Crippen LogP contribution in [0.5, 0.6) is 0 Å². The Kier molecular flexibility index (Phi) is 4.69. The number of amides is 2. The zero-order chi connectivity index (χ0) is 18.1. The molecule has 2 N–H and O–H groups in total. The van der Waals surface area contributed by atoms with E-state index in [0.717, 1.165) is 39.0 Å². The molecule has 1 unspecified atom stereocenters. The van der Waals surface area contributed by atoms with E-state index in [2.05, 4.69) is 15.5 Å². The van der Waals surface area contributed by atoms with Crippen LogP contribution in [0.1, 0.15) is 50.0 Å². The predicted molar refractivity (Wildman–Crippen MR) is 97.5 cm³/mol. The molecule has 2 amide bonds. The topological polar surface area (TPSA) is 61.4 Å². The molecule has 26 heavy (non-hydrogen) atoms. The van der Waals surface area contributed by atoms with Crippen LogP contribution in [0, 0.1) is 11.2 Å². The van der Waals surface area contributed by atoms with Crippen LogP contribution in [0.3, 0.4) is 0 Å². The highest BCUT2D eigenvalue weighted by Crippen LogP contribution is 2.41. The van der Waals surface area contributed by atoms with Gasteiger partial charge in [-0.15, -0.1) is 0 Å². The van der Waals surface area contributed by atoms with Crippen LogP contribution in [0.2, 0.25) is 0 Å². The van der Waals surface area contributed by atoms with Gasteiger partial charge in [-0.25, -0.2) is 4.39 Å². The van der Waals surface area contributed by atoms with E-state index in [1.165, 1.54) is 18.9 Å². The summed E-state index contributed by atoms with van der Waals surface area (Å²) in [6.45, 7) is 3.95. The monoisotopic (exact) mass is 359 g/mol. The predicted octanol–water partition coefficient (Wildman–Crippen LogP) is 2.32. The lowest BCUT2D eigenvalue weighted by atomic mass is 9.71. The summed E-state index contributed by atoms with van der Waals surface area (Å²) < 4.78 is 14.8. The Morgan fingerprint density at radius 3 is 2.46 bits per heavy atom. The molecule has 1 aromatic carbocycles. The number of carbonyl (C=O) groups excluding carboxylic acids is 2. The summed E-state index contributed by atoms with van der Waals surface area (Å²) in [7, 11) is 0. The second kappa shape index (κ2) is 6.99. The third-order valence-corrected chi connectivity index (χ3v) is 6.44. The lowest BCUT2D eigenvalue weighted by molar-refractivity contribution is -0.134. The van der Waals surface area contributed by atoms with Crippen molar-refractivity contribution in [2.45, 2.75) is 44.4 Å². The molecule has 5 nitrogen and oxygen atoms in total. The normalized spacial score (nSPS) is 26.0. The van der Waals surface area contributed by atoms with E-state index < -0.39 is 5.92 Å². The fraction of sp³-hybridized carbons (Fsp3) is 0.600. The van der Waals surface area contributed by atoms with E-state index in [0.29, 0.717) is 29.5 Å². The average molecular weight is 359 g/mol. The van der Waals surface area contributed by atoms with Crippen molar-refractivity contribution in [3.8, 4) is 0 Å². The van der Waals surface area contributed by atoms with Crippen molar-refractivity contribution in [3.05, 3.63) is 29.6 Å². The van der Waals surface area contributed by atoms with E-state index >= 15 is 0 Å². The summed E-state index contributed by atoms with van der Waals surface area (Å²) >= 11 is 0. The average Bonchev–Trinajstić information content (AvgIpc) is 2.63. The molecule has 4 rings (SSSR count). The number of imide groups is 1. The highest BCUT2D eigenvalue weighted by Gasteiger charge is 2.36. The van der Waals surface area contributed by atoms with E-state index in [1.54, 1.807) is 6.07 Å². The fourth-order valence-electron chi connectivity index (χ4n) is 4.69. The molecule has 0 aromatic heterocycles. The molecular weight excluding hydrogens is 333 g/mol. The van der Waals surface area contributed by atoms with Gasteiger partial charge in [0.25, 0.3) is 0 Å². The number of anilines is 1. The first-order valence-electron chi connectivity index (χ1n) is 9.65. The van der Waals surface area contributed by atoms with Crippen molar-refractivity contribution in [1.29, 1.82) is 0 Å². The third kappa shape index (κ3) is 3.34. The highest BCUT2D eigenvalue weighted by molar-refractivity contribution is 6.00. The molecule has 6 heteroatoms. The van der Waals surface area contributed by atoms with Gasteiger partial charge < -0.3 is 10.2 Å². The van der Waals surface area contributed by atoms with Crippen molar-refractivity contribution in [2.24, 2.45) is 5.41 Å². The molecule has 1 atom stereocenters. The van der Waals surface area contributed by atoms with Crippen molar-refractivity contribution < 1.29 is 14.0 Å². The first-order chi connectivity index (χ1) is 12.6. The van der Waals surface area contributed by atoms with Gasteiger partial charge in [0.15, 0.2) is 0 Å². The maximum Gasteiger partial charge on any atom is 0.234 e. The Morgan fingerprint density at radius 2 is 1.81 bits per heavy atom. The number of halogens is 1. The first-order valence-corrected chi connectivity index (χ1v) is 9.65. The quantitative estimate of drug-likeness (QED) is 0.796. The minimum absolute atomic E-state index is 0.247. The second-order valence-corrected chi connectivity index (χ2v) is 7.95. The molecule has 3 fully saturated rings. The van der Waals surface area contributed by atoms with Crippen molar-refractivity contribution in [1.82, 2.24) is 10.6 Å². The van der Waals surface area contributed by atoms with Gasteiger partial charge in [0.1, 0.15) is 5.82 Å². The minimum atomic E-state index is -0.435. The molecular formula is C20H26FN3O2. The summed E-state index contributed by atoms with van der Waals surface area (Å²) in [5, 5.41) is 5.77. The lowest BCUT2D eigenvalue weighted by Gasteiger charge is -2.45. The van der Waals surface area contributed by atoms with E-state index in [9.17, 15) is 14.0 Å². The number of hydrogen-bond acceptors (Lipinski definition) is 4. The molecule has 3 aliphatic rings. The van der Waals surface area contributed by atoms with Gasteiger partial charge in [-0.2, -0.15) is 0 Å². The Morgan fingerprint density at radius 1 is 1.08 bits per heavy atom. The molecule has 3 heterocycles. The summed E-state index contributed by atoms with van der Waals surface area (Å²) in [6.07, 6.45) is 5.42. The van der Waals surface area contributed by atoms with Crippen molar-refractivity contribution in [2.75, 3.05) is 31.1 Å². The van der Waals surface area contributed by atoms with Gasteiger partial charge in [-0.05, 0) is 68.3 Å². The molecule has 0 radical (unpaired) electrons. The second-order valence-electron chi connectivity index (χ2n) is 7.95. The molecule has 1 aromatic rings. The minimum Gasteiger partial charge on any atom is -0.369 e. The van der Waals surface area contributed by atoms with Crippen LogP contribution in [0.4, 0.5) is 10.1 Å². The number of rotatable bonds is 2. The molecule has 0 saturated carbocycles. The fourth-order valence-corrected chi connectivity index (χ4v) is 4.69. The Labute approximate surface area is 153 Å². The van der Waals surface area contributed by atoms with E-state index in [-0.39, 0.29) is 17.6 Å². The van der Waals surface area contributed by atoms with Crippen LogP contribution in [0.25, 0.3) is 0 Å². The van der Waals surface area contributed by atoms with E-state index in [4.69, 9.17) is 0 Å². The summed E-state index contributed by atoms with van der Waals surface area (Å²) in [5.41, 5.74) is 1.72. The summed E-state index contributed by atoms with van der Waals surface area (Å²) in [4.78, 5) is 25.4. The van der Waals surface area contributed by atoms with Gasteiger partial charge >= 0.3 is 0 Å². The van der Waals surface area contributed by atoms with Crippen LogP contribution in [0.15, 0.2) is 18.2 Å². The molecule has 3 saturated heterocycles. The Bertz CT molecular complexity index is 705. The molecule has 1 spiro atoms. The summed E-state index contributed by atoms with van der Waals surface area (Å²) in [6, 6.07) is 5.12. The Balaban J connectivity index is 1.45. The maximum absolute atomic E-state index is 14.8. The Hall–Kier alpha value is -1.95. The van der Waals surface area contributed by atoms with Crippen molar-refractivity contribution >= 4 is 17.5 Å². The van der Waals surface area contributed by atoms with Gasteiger partial charge in [-0.3, -0.25) is 14.9 Å². The van der Waals surface area contributed by atoms with Crippen LogP contribution < -0.4 is 15.5 Å². The van der Waals surface area contributed by atoms with Gasteiger partial charge in [0, 0.05) is 19.5 Å². The standard InChI is InChI=1S/C20H26FN3O2/c21-16-13-14(15-2-4-18(25)23-19(15)26)1-3-17(16)24-11-7-20(8-12-24)5-9-22-10-6-20/h1,3,13,15,22H,2,4-12H2,(H,23,25,26). The highest BCUT2D eigenvalue weighted by atomic mass is 19.1. The van der Waals surface area contributed by atoms with Gasteiger partial charge in [0.05, 0.1) is 11.6 Å². The maximum atomic E-state index is 14.8. The number of nitrogens with one attached hydrogen (secondary N) is 2. The van der Waals surface area contributed by atoms with Crippen LogP contribution >= 0.6 is 0 Å². The molecule has 140 valence electrons. The van der Waals surface area contributed by atoms with E-state index in [1.807, 2.05) is 6.07 Å². The van der Waals surface area contributed by atoms with Gasteiger partial charge in [0.2, 0.25) is 11.8 Å². The first kappa shape index (κ1) is 17.5. The summed E-state index contributed by atoms with van der Waals surface area (Å²) in [5.74, 6) is -1.27. The number of hydrogen-bond donors (Lipinski definition) is 2. The SMILES string of the molecule is O=C1CCC(c2ccc(N3CCC4(CCNCC4)CC3)c(F)c2)C(=O)N1. The number of benzene rings is 1. The molecule has 3 aliphatic heterocycles. The zero-order valence-corrected chi connectivity index (χ0v) is 15.0. The smallest absolute Gasteiger partial charge is 0.234 e. The number of nitrogens with zero attached hydrogens (tertiary/aromatic N) is 1. The van der Waals surface area contributed by atoms with Crippen LogP contribution in [-0.2, 0) is 9.59 Å². The van der Waals surface area contributed by atoms with Crippen LogP contribution in [-0.4, -0.2) is 38.0 Å². The van der Waals surface area contributed by atoms with Crippen molar-refractivity contribution in [3.63, 3.8) is 0 Å². The van der Waals surface area contributed by atoms with Gasteiger partial charge in [-0.1, -0.05) is 6.07 Å². The zero-order valence-electron chi connectivity index (χ0n) is 15.0.